The summed E-state index contributed by atoms with van der Waals surface area (Å²) in [6.07, 6.45) is 0.0178. The first-order chi connectivity index (χ1) is 26.1. The summed E-state index contributed by atoms with van der Waals surface area (Å²) in [5, 5.41) is 16.2. The third kappa shape index (κ3) is 15.1. The number of nitrogens with one attached hydrogen (secondary N) is 6. The average molecular weight is 810 g/mol. The number of nitrogens with zero attached hydrogens (tertiary/aromatic N) is 1. The Kier molecular flexibility index (Phi) is 19.0. The van der Waals surface area contributed by atoms with Crippen LogP contribution in [-0.2, 0) is 43.0 Å². The van der Waals surface area contributed by atoms with Gasteiger partial charge in [0.05, 0.1) is 7.11 Å². The molecular weight excluding hydrogens is 738 g/mol. The van der Waals surface area contributed by atoms with E-state index >= 15 is 0 Å². The van der Waals surface area contributed by atoms with Gasteiger partial charge in [0.15, 0.2) is 0 Å². The van der Waals surface area contributed by atoms with Crippen LogP contribution in [0.2, 0.25) is 0 Å². The van der Waals surface area contributed by atoms with Crippen molar-refractivity contribution < 1.29 is 47.8 Å². The lowest BCUT2D eigenvalue weighted by molar-refractivity contribution is -0.147. The molecule has 1 aliphatic heterocycles. The van der Waals surface area contributed by atoms with Gasteiger partial charge < -0.3 is 46.3 Å². The van der Waals surface area contributed by atoms with Gasteiger partial charge in [0, 0.05) is 6.54 Å². The second-order valence-corrected chi connectivity index (χ2v) is 18.1. The van der Waals surface area contributed by atoms with Crippen LogP contribution in [0.25, 0.3) is 0 Å². The Bertz CT molecular complexity index is 1450. The number of likely N-dealkylation sites (tertiary alicyclic amines) is 1. The van der Waals surface area contributed by atoms with E-state index in [1.807, 2.05) is 0 Å². The molecule has 1 fully saturated rings. The Morgan fingerprint density at radius 3 is 1.35 bits per heavy atom. The molecule has 326 valence electrons. The lowest BCUT2D eigenvalue weighted by Crippen LogP contribution is -2.64. The molecule has 17 heteroatoms. The highest BCUT2D eigenvalue weighted by Gasteiger charge is 2.44. The monoisotopic (exact) mass is 810 g/mol. The average Bonchev–Trinajstić information content (AvgIpc) is 3.57. The summed E-state index contributed by atoms with van der Waals surface area (Å²) in [5.41, 5.74) is -2.31. The predicted octanol–water partition coefficient (Wildman–Crippen LogP) is 2.16. The van der Waals surface area contributed by atoms with E-state index in [0.29, 0.717) is 12.8 Å². The van der Waals surface area contributed by atoms with Gasteiger partial charge in [-0.15, -0.1) is 0 Å². The molecule has 1 saturated heterocycles. The van der Waals surface area contributed by atoms with E-state index in [1.165, 1.54) is 25.9 Å². The van der Waals surface area contributed by atoms with Crippen LogP contribution in [0, 0.1) is 29.6 Å². The molecule has 17 nitrogen and oxygen atoms in total. The number of rotatable bonds is 18. The van der Waals surface area contributed by atoms with Crippen molar-refractivity contribution >= 4 is 47.5 Å². The lowest BCUT2D eigenvalue weighted by atomic mass is 9.97. The maximum atomic E-state index is 14.0. The number of esters is 1. The van der Waals surface area contributed by atoms with Crippen molar-refractivity contribution in [1.29, 1.82) is 0 Å². The number of ether oxygens (including phenoxy) is 2. The van der Waals surface area contributed by atoms with Gasteiger partial charge in [0.25, 0.3) is 0 Å². The zero-order valence-corrected chi connectivity index (χ0v) is 37.0. The molecule has 0 radical (unpaired) electrons. The number of hydrogen-bond donors (Lipinski definition) is 6. The summed E-state index contributed by atoms with van der Waals surface area (Å²) >= 11 is 0. The third-order valence-electron chi connectivity index (χ3n) is 9.57. The Labute approximate surface area is 339 Å². The Morgan fingerprint density at radius 1 is 0.561 bits per heavy atom. The minimum absolute atomic E-state index is 0.221. The van der Waals surface area contributed by atoms with Crippen molar-refractivity contribution in [3.8, 4) is 0 Å². The second-order valence-electron chi connectivity index (χ2n) is 18.1. The first kappa shape index (κ1) is 50.6. The fraction of sp³-hybridized carbons (Fsp3) is 0.800. The summed E-state index contributed by atoms with van der Waals surface area (Å²) in [4.78, 5) is 108. The molecule has 6 atom stereocenters. The van der Waals surface area contributed by atoms with E-state index in [-0.39, 0.29) is 24.3 Å². The van der Waals surface area contributed by atoms with Crippen molar-refractivity contribution in [1.82, 2.24) is 36.8 Å². The Hall–Kier alpha value is -4.44. The number of methoxy groups -OCH3 is 1. The Morgan fingerprint density at radius 2 is 0.947 bits per heavy atom. The minimum Gasteiger partial charge on any atom is -0.467 e. The summed E-state index contributed by atoms with van der Waals surface area (Å²) in [7, 11) is 1.22. The normalized spacial score (nSPS) is 17.4. The first-order valence-electron chi connectivity index (χ1n) is 20.0. The van der Waals surface area contributed by atoms with Gasteiger partial charge in [-0.25, -0.2) is 9.59 Å². The van der Waals surface area contributed by atoms with Crippen molar-refractivity contribution in [2.75, 3.05) is 13.7 Å². The highest BCUT2D eigenvalue weighted by atomic mass is 16.6. The van der Waals surface area contributed by atoms with Gasteiger partial charge in [-0.1, -0.05) is 69.2 Å². The quantitative estimate of drug-likeness (QED) is 0.111. The van der Waals surface area contributed by atoms with Gasteiger partial charge in [-0.2, -0.15) is 0 Å². The van der Waals surface area contributed by atoms with Crippen LogP contribution in [0.5, 0.6) is 0 Å². The molecule has 0 aliphatic carbocycles. The molecule has 0 aromatic heterocycles. The van der Waals surface area contributed by atoms with E-state index < -0.39 is 107 Å². The van der Waals surface area contributed by atoms with Gasteiger partial charge in [-0.3, -0.25) is 28.8 Å². The van der Waals surface area contributed by atoms with Crippen LogP contribution in [0.1, 0.15) is 117 Å². The lowest BCUT2D eigenvalue weighted by Gasteiger charge is -2.35. The molecule has 0 spiro atoms. The number of hydrogen-bond acceptors (Lipinski definition) is 10. The number of alkyl carbamates (subject to hydrolysis) is 1. The zero-order valence-electron chi connectivity index (χ0n) is 37.0. The van der Waals surface area contributed by atoms with E-state index in [1.54, 1.807) is 90.0 Å². The molecule has 0 aromatic rings. The highest BCUT2D eigenvalue weighted by molar-refractivity contribution is 5.99. The predicted molar refractivity (Wildman–Crippen MR) is 214 cm³/mol. The maximum absolute atomic E-state index is 14.0. The van der Waals surface area contributed by atoms with Gasteiger partial charge >= 0.3 is 12.1 Å². The number of carbonyl (C=O) groups excluding carboxylic acids is 8. The summed E-state index contributed by atoms with van der Waals surface area (Å²) in [6.45, 7) is 25.7. The zero-order chi connectivity index (χ0) is 44.3. The molecule has 0 unspecified atom stereocenters. The molecule has 57 heavy (non-hydrogen) atoms. The van der Waals surface area contributed by atoms with Crippen molar-refractivity contribution in [2.45, 2.75) is 164 Å². The molecule has 0 bridgehead atoms. The number of amides is 7. The van der Waals surface area contributed by atoms with Crippen molar-refractivity contribution in [3.63, 3.8) is 0 Å². The molecule has 1 rings (SSSR count). The molecular formula is C40H71N7O10. The fourth-order valence-electron chi connectivity index (χ4n) is 6.26. The first-order valence-corrected chi connectivity index (χ1v) is 20.0. The minimum atomic E-state index is -1.52. The van der Waals surface area contributed by atoms with Gasteiger partial charge in [-0.05, 0) is 77.0 Å². The summed E-state index contributed by atoms with van der Waals surface area (Å²) in [6, 6.07) is -6.09. The SMILES string of the molecule is COC(=O)[C@@H](NC(=O)[C@@H](NC(=O)[C@@H](NC(=O)[C@@H]1CCCN1C(=O)C(C)(C)NC(=O)[C@@H](NC(=O)[C@@H](NC(=O)OC(C)(C)C)C(C)C)C(C)C)C(C)C)C(C)C)C(C)C. The largest absolute Gasteiger partial charge is 0.467 e. The van der Waals surface area contributed by atoms with Crippen molar-refractivity contribution in [3.05, 3.63) is 0 Å². The standard InChI is InChI=1S/C40H71N7O10/c1-20(2)26(32(49)42-27(21(3)4)33(50)44-30(24(9)10)36(53)56-16)41-31(48)25-18-17-19-47(25)37(54)40(14,15)46-35(52)29(23(7)8)43-34(51)28(22(5)6)45-38(55)57-39(11,12)13/h20-30H,17-19H2,1-16H3,(H,41,48)(H,42,49)(H,43,51)(H,44,50)(H,45,55)(H,46,52)/t25-,26-,27-,28-,29-,30-/m0/s1. The second kappa shape index (κ2) is 21.4. The molecule has 0 aromatic carbocycles. The Balaban J connectivity index is 3.15. The van der Waals surface area contributed by atoms with E-state index in [4.69, 9.17) is 9.47 Å². The van der Waals surface area contributed by atoms with E-state index in [0.717, 1.165) is 0 Å². The molecule has 6 N–H and O–H groups in total. The van der Waals surface area contributed by atoms with Crippen LogP contribution in [-0.4, -0.2) is 113 Å². The number of carbonyl (C=O) groups is 8. The molecule has 1 heterocycles. The van der Waals surface area contributed by atoms with Crippen LogP contribution in [0.4, 0.5) is 4.79 Å². The fourth-order valence-corrected chi connectivity index (χ4v) is 6.26. The van der Waals surface area contributed by atoms with Crippen LogP contribution in [0.3, 0.4) is 0 Å². The molecule has 7 amide bonds. The topological polar surface area (TPSA) is 230 Å². The van der Waals surface area contributed by atoms with E-state index in [9.17, 15) is 38.4 Å². The summed E-state index contributed by atoms with van der Waals surface area (Å²) < 4.78 is 10.1. The van der Waals surface area contributed by atoms with E-state index in [2.05, 4.69) is 31.9 Å². The smallest absolute Gasteiger partial charge is 0.408 e. The maximum Gasteiger partial charge on any atom is 0.408 e. The molecule has 0 saturated carbocycles. The van der Waals surface area contributed by atoms with Crippen molar-refractivity contribution in [2.24, 2.45) is 29.6 Å². The molecule has 1 aliphatic rings. The van der Waals surface area contributed by atoms with Crippen LogP contribution < -0.4 is 31.9 Å². The van der Waals surface area contributed by atoms with Gasteiger partial charge in [0.2, 0.25) is 35.4 Å². The van der Waals surface area contributed by atoms with Crippen LogP contribution in [0.15, 0.2) is 0 Å². The highest BCUT2D eigenvalue weighted by Crippen LogP contribution is 2.23. The third-order valence-corrected chi connectivity index (χ3v) is 9.57. The van der Waals surface area contributed by atoms with Gasteiger partial charge in [0.1, 0.15) is 47.4 Å². The van der Waals surface area contributed by atoms with Crippen LogP contribution >= 0.6 is 0 Å². The summed E-state index contributed by atoms with van der Waals surface area (Å²) in [5.74, 6) is -5.99.